The Morgan fingerprint density at radius 1 is 0.903 bits per heavy atom. The summed E-state index contributed by atoms with van der Waals surface area (Å²) in [6.45, 7) is -0.931. The molecule has 2 aliphatic heterocycles. The normalized spacial score (nSPS) is 38.8. The van der Waals surface area contributed by atoms with Crippen molar-refractivity contribution in [2.45, 2.75) is 61.7 Å². The molecule has 31 heavy (non-hydrogen) atoms. The van der Waals surface area contributed by atoms with Crippen LogP contribution in [0.1, 0.15) is 5.56 Å². The third-order valence-electron chi connectivity index (χ3n) is 5.28. The molecule has 0 saturated carbocycles. The zero-order chi connectivity index (χ0) is 22.7. The van der Waals surface area contributed by atoms with E-state index in [0.717, 1.165) is 0 Å². The molecular weight excluding hydrogens is 420 g/mol. The van der Waals surface area contributed by atoms with Crippen molar-refractivity contribution in [2.24, 2.45) is 0 Å². The largest absolute Gasteiger partial charge is 0.504 e. The van der Waals surface area contributed by atoms with Gasteiger partial charge in [-0.15, -0.1) is 0 Å². The Kier molecular flexibility index (Phi) is 8.04. The zero-order valence-corrected chi connectivity index (χ0v) is 16.5. The van der Waals surface area contributed by atoms with Crippen molar-refractivity contribution in [3.05, 3.63) is 23.8 Å². The van der Waals surface area contributed by atoms with Crippen LogP contribution in [-0.2, 0) is 25.4 Å². The summed E-state index contributed by atoms with van der Waals surface area (Å²) in [4.78, 5) is 0. The standard InChI is InChI=1S/C19H28O12/c20-6-12-14(25)15(26)17(31-18-16(27)13(24)11(23)7-29-18)19(30-12)28-4-3-8-1-2-9(21)10(22)5-8/h1-2,5,11-27H,3-4,6-7H2/t11-,12-,13+,14-,15-,16-,17-,18+,19-/m1/s1. The Morgan fingerprint density at radius 2 is 1.65 bits per heavy atom. The molecule has 0 aliphatic carbocycles. The van der Waals surface area contributed by atoms with Crippen LogP contribution in [0.15, 0.2) is 18.2 Å². The van der Waals surface area contributed by atoms with Crippen LogP contribution in [-0.4, -0.2) is 116 Å². The molecule has 2 aliphatic rings. The molecule has 0 aromatic heterocycles. The van der Waals surface area contributed by atoms with E-state index in [1.54, 1.807) is 6.07 Å². The monoisotopic (exact) mass is 448 g/mol. The average Bonchev–Trinajstić information content (AvgIpc) is 2.75. The first kappa shape index (κ1) is 24.1. The number of aliphatic hydroxyl groups is 6. The van der Waals surface area contributed by atoms with Crippen LogP contribution in [0.4, 0.5) is 0 Å². The van der Waals surface area contributed by atoms with Gasteiger partial charge in [0, 0.05) is 0 Å². The molecule has 9 atom stereocenters. The molecule has 1 aromatic rings. The summed E-state index contributed by atoms with van der Waals surface area (Å²) in [6.07, 6.45) is -12.6. The molecule has 176 valence electrons. The minimum absolute atomic E-state index is 0.00508. The molecule has 12 nitrogen and oxygen atoms in total. The fourth-order valence-corrected chi connectivity index (χ4v) is 3.41. The van der Waals surface area contributed by atoms with Gasteiger partial charge >= 0.3 is 0 Å². The van der Waals surface area contributed by atoms with Crippen molar-refractivity contribution in [2.75, 3.05) is 19.8 Å². The Morgan fingerprint density at radius 3 is 2.32 bits per heavy atom. The lowest BCUT2D eigenvalue weighted by atomic mass is 9.98. The third kappa shape index (κ3) is 5.43. The van der Waals surface area contributed by atoms with Gasteiger partial charge in [0.25, 0.3) is 0 Å². The molecule has 3 rings (SSSR count). The fraction of sp³-hybridized carbons (Fsp3) is 0.684. The van der Waals surface area contributed by atoms with Gasteiger partial charge in [-0.3, -0.25) is 0 Å². The molecule has 0 spiro atoms. The van der Waals surface area contributed by atoms with Crippen LogP contribution in [0, 0.1) is 0 Å². The highest BCUT2D eigenvalue weighted by atomic mass is 16.8. The van der Waals surface area contributed by atoms with Crippen molar-refractivity contribution in [3.8, 4) is 11.5 Å². The van der Waals surface area contributed by atoms with E-state index >= 15 is 0 Å². The van der Waals surface area contributed by atoms with Gasteiger partial charge in [-0.1, -0.05) is 6.07 Å². The maximum atomic E-state index is 10.5. The minimum Gasteiger partial charge on any atom is -0.504 e. The Balaban J connectivity index is 1.67. The summed E-state index contributed by atoms with van der Waals surface area (Å²) < 4.78 is 21.8. The molecular formula is C19H28O12. The number of benzene rings is 1. The van der Waals surface area contributed by atoms with E-state index in [9.17, 15) is 40.9 Å². The van der Waals surface area contributed by atoms with Gasteiger partial charge in [0.05, 0.1) is 19.8 Å². The summed E-state index contributed by atoms with van der Waals surface area (Å²) in [5.74, 6) is -0.564. The first-order valence-electron chi connectivity index (χ1n) is 9.79. The summed E-state index contributed by atoms with van der Waals surface area (Å²) in [5, 5.41) is 78.4. The van der Waals surface area contributed by atoms with E-state index in [1.165, 1.54) is 12.1 Å². The van der Waals surface area contributed by atoms with Crippen molar-refractivity contribution < 1.29 is 59.8 Å². The van der Waals surface area contributed by atoms with Crippen LogP contribution < -0.4 is 0 Å². The van der Waals surface area contributed by atoms with E-state index in [2.05, 4.69) is 0 Å². The van der Waals surface area contributed by atoms with Crippen LogP contribution >= 0.6 is 0 Å². The van der Waals surface area contributed by atoms with Gasteiger partial charge in [-0.2, -0.15) is 0 Å². The topological polar surface area (TPSA) is 199 Å². The molecule has 2 heterocycles. The average molecular weight is 448 g/mol. The van der Waals surface area contributed by atoms with Gasteiger partial charge < -0.3 is 59.8 Å². The molecule has 0 bridgehead atoms. The number of ether oxygens (including phenoxy) is 4. The lowest BCUT2D eigenvalue weighted by Crippen LogP contribution is -2.63. The van der Waals surface area contributed by atoms with Gasteiger partial charge in [-0.25, -0.2) is 0 Å². The second-order valence-corrected chi connectivity index (χ2v) is 7.50. The van der Waals surface area contributed by atoms with Crippen molar-refractivity contribution in [3.63, 3.8) is 0 Å². The number of hydrogen-bond donors (Lipinski definition) is 8. The fourth-order valence-electron chi connectivity index (χ4n) is 3.41. The van der Waals surface area contributed by atoms with Crippen molar-refractivity contribution in [1.29, 1.82) is 0 Å². The maximum Gasteiger partial charge on any atom is 0.187 e. The van der Waals surface area contributed by atoms with Gasteiger partial charge in [-0.05, 0) is 24.1 Å². The minimum atomic E-state index is -1.63. The van der Waals surface area contributed by atoms with E-state index < -0.39 is 61.9 Å². The van der Waals surface area contributed by atoms with E-state index in [1.807, 2.05) is 0 Å². The SMILES string of the molecule is OC[C@H]1O[C@@H](OCCc2ccc(O)c(O)c2)[C@H](O[C@@H]2OC[C@@H](O)[C@H](O)[C@H]2O)[C@H](O)[C@@H]1O. The lowest BCUT2D eigenvalue weighted by molar-refractivity contribution is -0.356. The zero-order valence-electron chi connectivity index (χ0n) is 16.5. The first-order chi connectivity index (χ1) is 14.7. The van der Waals surface area contributed by atoms with E-state index in [4.69, 9.17) is 18.9 Å². The third-order valence-corrected chi connectivity index (χ3v) is 5.28. The smallest absolute Gasteiger partial charge is 0.187 e. The number of phenolic OH excluding ortho intramolecular Hbond substituents is 2. The van der Waals surface area contributed by atoms with Crippen LogP contribution in [0.3, 0.4) is 0 Å². The molecule has 0 amide bonds. The highest BCUT2D eigenvalue weighted by Gasteiger charge is 2.49. The molecule has 2 saturated heterocycles. The second kappa shape index (κ2) is 10.4. The van der Waals surface area contributed by atoms with Crippen molar-refractivity contribution in [1.82, 2.24) is 0 Å². The summed E-state index contributed by atoms with van der Waals surface area (Å²) >= 11 is 0. The molecule has 0 radical (unpaired) electrons. The van der Waals surface area contributed by atoms with Crippen molar-refractivity contribution >= 4 is 0 Å². The number of rotatable bonds is 7. The second-order valence-electron chi connectivity index (χ2n) is 7.50. The number of aliphatic hydroxyl groups excluding tert-OH is 6. The summed E-state index contributed by atoms with van der Waals surface area (Å²) in [7, 11) is 0. The van der Waals surface area contributed by atoms with Gasteiger partial charge in [0.15, 0.2) is 24.1 Å². The molecule has 1 aromatic carbocycles. The maximum absolute atomic E-state index is 10.5. The lowest BCUT2D eigenvalue weighted by Gasteiger charge is -2.44. The first-order valence-corrected chi connectivity index (χ1v) is 9.79. The summed E-state index contributed by atoms with van der Waals surface area (Å²) in [5.41, 5.74) is 0.631. The van der Waals surface area contributed by atoms with Gasteiger partial charge in [0.1, 0.15) is 42.7 Å². The molecule has 2 fully saturated rings. The molecule has 8 N–H and O–H groups in total. The highest BCUT2D eigenvalue weighted by molar-refractivity contribution is 5.40. The summed E-state index contributed by atoms with van der Waals surface area (Å²) in [6, 6.07) is 4.24. The molecule has 0 unspecified atom stereocenters. The van der Waals surface area contributed by atoms with Crippen LogP contribution in [0.2, 0.25) is 0 Å². The van der Waals surface area contributed by atoms with Crippen LogP contribution in [0.25, 0.3) is 0 Å². The van der Waals surface area contributed by atoms with Gasteiger partial charge in [0.2, 0.25) is 0 Å². The predicted molar refractivity (Wildman–Crippen MR) is 99.8 cm³/mol. The highest BCUT2D eigenvalue weighted by Crippen LogP contribution is 2.29. The predicted octanol–water partition coefficient (Wildman–Crippen LogP) is -3.08. The number of aromatic hydroxyl groups is 2. The number of phenols is 2. The van der Waals surface area contributed by atoms with E-state index in [-0.39, 0.29) is 31.1 Å². The Labute approximate surface area is 177 Å². The molecule has 12 heteroatoms. The van der Waals surface area contributed by atoms with E-state index in [0.29, 0.717) is 5.56 Å². The Bertz CT molecular complexity index is 717. The Hall–Kier alpha value is -1.58. The number of hydrogen-bond acceptors (Lipinski definition) is 12. The quantitative estimate of drug-likeness (QED) is 0.196. The van der Waals surface area contributed by atoms with Crippen LogP contribution in [0.5, 0.6) is 11.5 Å².